The summed E-state index contributed by atoms with van der Waals surface area (Å²) in [4.78, 5) is 10.5. The molecule has 0 saturated heterocycles. The van der Waals surface area contributed by atoms with Crippen LogP contribution < -0.4 is 9.67 Å². The Balaban J connectivity index is 2.74. The van der Waals surface area contributed by atoms with Gasteiger partial charge in [0.25, 0.3) is 5.82 Å². The van der Waals surface area contributed by atoms with Gasteiger partial charge in [0.1, 0.15) is 12.4 Å². The minimum Gasteiger partial charge on any atom is -0.550 e. The number of carboxylic acids is 1. The molecule has 0 aromatic carbocycles. The van der Waals surface area contributed by atoms with Gasteiger partial charge in [-0.3, -0.25) is 0 Å². The van der Waals surface area contributed by atoms with Gasteiger partial charge in [-0.1, -0.05) is 20.3 Å². The van der Waals surface area contributed by atoms with E-state index in [1.807, 2.05) is 10.8 Å². The van der Waals surface area contributed by atoms with Crippen LogP contribution in [0.2, 0.25) is 0 Å². The first-order valence-electron chi connectivity index (χ1n) is 6.46. The molecule has 96 valence electrons. The van der Waals surface area contributed by atoms with Gasteiger partial charge in [0.15, 0.2) is 0 Å². The van der Waals surface area contributed by atoms with Gasteiger partial charge in [0.2, 0.25) is 0 Å². The number of hydrogen-bond acceptors (Lipinski definition) is 2. The zero-order chi connectivity index (χ0) is 12.7. The van der Waals surface area contributed by atoms with Crippen LogP contribution >= 0.6 is 0 Å². The van der Waals surface area contributed by atoms with Crippen molar-refractivity contribution in [1.29, 1.82) is 0 Å². The summed E-state index contributed by atoms with van der Waals surface area (Å²) in [6.07, 6.45) is 8.50. The molecule has 1 aromatic rings. The van der Waals surface area contributed by atoms with E-state index in [1.54, 1.807) is 0 Å². The van der Waals surface area contributed by atoms with Gasteiger partial charge in [-0.2, -0.15) is 0 Å². The summed E-state index contributed by atoms with van der Waals surface area (Å²) in [5, 5.41) is 10.5. The predicted molar refractivity (Wildman–Crippen MR) is 63.2 cm³/mol. The van der Waals surface area contributed by atoms with Crippen LogP contribution in [0.15, 0.2) is 12.4 Å². The highest BCUT2D eigenvalue weighted by Gasteiger charge is 2.15. The zero-order valence-electron chi connectivity index (χ0n) is 10.8. The molecule has 0 radical (unpaired) electrons. The van der Waals surface area contributed by atoms with E-state index in [0.717, 1.165) is 25.8 Å². The normalized spacial score (nSPS) is 10.7. The lowest BCUT2D eigenvalue weighted by atomic mass is 10.3. The highest BCUT2D eigenvalue weighted by molar-refractivity contribution is 5.64. The number of carbonyl (C=O) groups excluding carboxylic acids is 1. The molecule has 4 nitrogen and oxygen atoms in total. The van der Waals surface area contributed by atoms with Gasteiger partial charge in [-0.15, -0.1) is 0 Å². The first kappa shape index (κ1) is 13.7. The van der Waals surface area contributed by atoms with E-state index in [1.165, 1.54) is 12.2 Å². The van der Waals surface area contributed by atoms with E-state index >= 15 is 0 Å². The Morgan fingerprint density at radius 2 is 2.18 bits per heavy atom. The van der Waals surface area contributed by atoms with Crippen molar-refractivity contribution in [2.75, 3.05) is 0 Å². The van der Waals surface area contributed by atoms with Crippen molar-refractivity contribution in [1.82, 2.24) is 4.57 Å². The molecule has 4 heteroatoms. The van der Waals surface area contributed by atoms with Crippen LogP contribution in [0.3, 0.4) is 0 Å². The lowest BCUT2D eigenvalue weighted by Gasteiger charge is -2.04. The first-order valence-corrected chi connectivity index (χ1v) is 6.46. The lowest BCUT2D eigenvalue weighted by molar-refractivity contribution is -0.704. The van der Waals surface area contributed by atoms with Crippen LogP contribution in [0, 0.1) is 0 Å². The maximum atomic E-state index is 10.5. The standard InChI is InChI=1S/C13H22N2O2/c1-3-5-8-14-10-11-15(9-7-13(16)17)12(14)6-4-2/h10-11H,3-9H2,1-2H3. The van der Waals surface area contributed by atoms with Crippen molar-refractivity contribution >= 4 is 5.97 Å². The van der Waals surface area contributed by atoms with Crippen LogP contribution in [0.1, 0.15) is 45.4 Å². The molecule has 0 bridgehead atoms. The molecule has 1 rings (SSSR count). The van der Waals surface area contributed by atoms with Gasteiger partial charge < -0.3 is 9.90 Å². The molecule has 0 aliphatic heterocycles. The summed E-state index contributed by atoms with van der Waals surface area (Å²) in [5.41, 5.74) is 0. The number of imidazole rings is 1. The van der Waals surface area contributed by atoms with E-state index < -0.39 is 5.97 Å². The Bertz CT molecular complexity index is 358. The largest absolute Gasteiger partial charge is 0.550 e. The maximum absolute atomic E-state index is 10.5. The summed E-state index contributed by atoms with van der Waals surface area (Å²) >= 11 is 0. The Morgan fingerprint density at radius 1 is 1.41 bits per heavy atom. The summed E-state index contributed by atoms with van der Waals surface area (Å²) in [7, 11) is 0. The van der Waals surface area contributed by atoms with E-state index in [2.05, 4.69) is 24.6 Å². The number of aromatic nitrogens is 2. The van der Waals surface area contributed by atoms with Crippen molar-refractivity contribution in [3.63, 3.8) is 0 Å². The first-order chi connectivity index (χ1) is 8.19. The second-order valence-corrected chi connectivity index (χ2v) is 4.33. The molecule has 0 atom stereocenters. The van der Waals surface area contributed by atoms with Crippen molar-refractivity contribution in [2.24, 2.45) is 0 Å². The Labute approximate surface area is 103 Å². The molecule has 0 aliphatic rings. The average Bonchev–Trinajstić information content (AvgIpc) is 2.67. The topological polar surface area (TPSA) is 48.9 Å². The van der Waals surface area contributed by atoms with Crippen molar-refractivity contribution in [2.45, 2.75) is 59.0 Å². The molecule has 0 aliphatic carbocycles. The molecule has 1 heterocycles. The minimum absolute atomic E-state index is 0.0825. The van der Waals surface area contributed by atoms with E-state index in [4.69, 9.17) is 0 Å². The Kier molecular flexibility index (Phi) is 5.73. The fourth-order valence-corrected chi connectivity index (χ4v) is 1.96. The SMILES string of the molecule is CCCC[n+]1ccn(CCC(=O)[O-])c1CCC. The molecule has 17 heavy (non-hydrogen) atoms. The molecular formula is C13H22N2O2. The molecule has 0 amide bonds. The van der Waals surface area contributed by atoms with Crippen molar-refractivity contribution in [3.8, 4) is 0 Å². The molecule has 1 aromatic heterocycles. The number of carboxylic acid groups (broad SMARTS) is 1. The predicted octanol–water partition coefficient (Wildman–Crippen LogP) is 0.668. The van der Waals surface area contributed by atoms with Crippen LogP contribution in [0.25, 0.3) is 0 Å². The highest BCUT2D eigenvalue weighted by Crippen LogP contribution is 2.02. The maximum Gasteiger partial charge on any atom is 0.256 e. The van der Waals surface area contributed by atoms with Crippen LogP contribution in [0.5, 0.6) is 0 Å². The number of nitrogens with zero attached hydrogens (tertiary/aromatic N) is 2. The van der Waals surface area contributed by atoms with Gasteiger partial charge >= 0.3 is 0 Å². The summed E-state index contributed by atoms with van der Waals surface area (Å²) in [5.74, 6) is 0.239. The fourth-order valence-electron chi connectivity index (χ4n) is 1.96. The van der Waals surface area contributed by atoms with Crippen LogP contribution in [-0.4, -0.2) is 10.5 Å². The molecule has 0 N–H and O–H groups in total. The molecule has 0 saturated carbocycles. The average molecular weight is 238 g/mol. The van der Waals surface area contributed by atoms with Gasteiger partial charge in [0.05, 0.1) is 13.1 Å². The summed E-state index contributed by atoms with van der Waals surface area (Å²) in [6.45, 7) is 5.84. The molecule has 0 unspecified atom stereocenters. The second-order valence-electron chi connectivity index (χ2n) is 4.33. The Hall–Kier alpha value is -1.32. The number of rotatable bonds is 8. The number of hydrogen-bond donors (Lipinski definition) is 0. The summed E-state index contributed by atoms with van der Waals surface area (Å²) in [6, 6.07) is 0. The van der Waals surface area contributed by atoms with E-state index in [-0.39, 0.29) is 6.42 Å². The second kappa shape index (κ2) is 7.09. The van der Waals surface area contributed by atoms with Crippen LogP contribution in [0.4, 0.5) is 0 Å². The molecule has 0 fully saturated rings. The molecule has 0 spiro atoms. The smallest absolute Gasteiger partial charge is 0.256 e. The third-order valence-electron chi connectivity index (χ3n) is 2.87. The number of aryl methyl sites for hydroxylation is 2. The monoisotopic (exact) mass is 238 g/mol. The lowest BCUT2D eigenvalue weighted by Crippen LogP contribution is -2.37. The molecular weight excluding hydrogens is 216 g/mol. The van der Waals surface area contributed by atoms with Crippen molar-refractivity contribution in [3.05, 3.63) is 18.2 Å². The quantitative estimate of drug-likeness (QED) is 0.625. The van der Waals surface area contributed by atoms with Crippen molar-refractivity contribution < 1.29 is 14.5 Å². The van der Waals surface area contributed by atoms with Gasteiger partial charge in [-0.05, 0) is 12.8 Å². The minimum atomic E-state index is -0.985. The van der Waals surface area contributed by atoms with Gasteiger partial charge in [-0.25, -0.2) is 9.13 Å². The number of aliphatic carboxylic acids is 1. The Morgan fingerprint density at radius 3 is 2.76 bits per heavy atom. The summed E-state index contributed by atoms with van der Waals surface area (Å²) < 4.78 is 4.28. The highest BCUT2D eigenvalue weighted by atomic mass is 16.4. The fraction of sp³-hybridized carbons (Fsp3) is 0.692. The third kappa shape index (κ3) is 4.21. The van der Waals surface area contributed by atoms with E-state index in [0.29, 0.717) is 6.54 Å². The third-order valence-corrected chi connectivity index (χ3v) is 2.87. The zero-order valence-corrected chi connectivity index (χ0v) is 10.8. The van der Waals surface area contributed by atoms with Gasteiger partial charge in [0, 0.05) is 18.8 Å². The van der Waals surface area contributed by atoms with Crippen LogP contribution in [-0.2, 0) is 24.3 Å². The van der Waals surface area contributed by atoms with E-state index in [9.17, 15) is 9.90 Å². The number of carbonyl (C=O) groups is 1. The number of unbranched alkanes of at least 4 members (excludes halogenated alkanes) is 1.